The van der Waals surface area contributed by atoms with Crippen LogP contribution in [0.2, 0.25) is 0 Å². The summed E-state index contributed by atoms with van der Waals surface area (Å²) >= 11 is 0. The van der Waals surface area contributed by atoms with Gasteiger partial charge in [-0.2, -0.15) is 0 Å². The Morgan fingerprint density at radius 1 is 1.17 bits per heavy atom. The van der Waals surface area contributed by atoms with Gasteiger partial charge in [-0.1, -0.05) is 26.0 Å². The van der Waals surface area contributed by atoms with Gasteiger partial charge < -0.3 is 19.5 Å². The molecule has 2 aliphatic heterocycles. The molecule has 5 nitrogen and oxygen atoms in total. The molecule has 4 rings (SSSR count). The van der Waals surface area contributed by atoms with Crippen LogP contribution in [0.5, 0.6) is 5.75 Å². The number of benzene rings is 2. The van der Waals surface area contributed by atoms with Gasteiger partial charge in [0.25, 0.3) is 5.91 Å². The predicted molar refractivity (Wildman–Crippen MR) is 111 cm³/mol. The Morgan fingerprint density at radius 2 is 1.87 bits per heavy atom. The van der Waals surface area contributed by atoms with Crippen LogP contribution in [0.25, 0.3) is 0 Å². The van der Waals surface area contributed by atoms with Crippen LogP contribution >= 0.6 is 0 Å². The number of hydrogen-bond acceptors (Lipinski definition) is 4. The van der Waals surface area contributed by atoms with Crippen molar-refractivity contribution in [2.45, 2.75) is 32.0 Å². The first kappa shape index (κ1) is 20.8. The fourth-order valence-electron chi connectivity index (χ4n) is 4.56. The second-order valence-corrected chi connectivity index (χ2v) is 8.70. The minimum atomic E-state index is -0.545. The second kappa shape index (κ2) is 8.36. The molecule has 1 spiro atoms. The fraction of sp³-hybridized carbons (Fsp3) is 0.458. The van der Waals surface area contributed by atoms with Crippen LogP contribution in [-0.4, -0.2) is 47.8 Å². The second-order valence-electron chi connectivity index (χ2n) is 8.70. The van der Waals surface area contributed by atoms with Gasteiger partial charge in [-0.3, -0.25) is 4.79 Å². The first-order valence-electron chi connectivity index (χ1n) is 10.5. The Bertz CT molecular complexity index is 883. The standard InChI is InChI=1S/C24H28FNO4/c1-16(2)21-13-24(15-29-22(21)17-3-7-19(25)8-4-17)14-26(11-12-30-24)23(28)18-5-9-20(27)10-6-18/h3-10,16,21-22,27H,11-15H2,1-2H3/t21-,22-,24-/m0/s1. The Kier molecular flexibility index (Phi) is 5.80. The van der Waals surface area contributed by atoms with Crippen LogP contribution in [-0.2, 0) is 9.47 Å². The van der Waals surface area contributed by atoms with Gasteiger partial charge in [-0.05, 0) is 60.2 Å². The number of carbonyl (C=O) groups is 1. The lowest BCUT2D eigenvalue weighted by Crippen LogP contribution is -2.59. The molecule has 3 atom stereocenters. The fourth-order valence-corrected chi connectivity index (χ4v) is 4.56. The summed E-state index contributed by atoms with van der Waals surface area (Å²) in [6.45, 7) is 6.15. The summed E-state index contributed by atoms with van der Waals surface area (Å²) in [7, 11) is 0. The number of phenols is 1. The average Bonchev–Trinajstić information content (AvgIpc) is 2.74. The number of phenolic OH excluding ortho intramolecular Hbond substituents is 1. The molecule has 2 aromatic carbocycles. The Labute approximate surface area is 176 Å². The number of halogens is 1. The van der Waals surface area contributed by atoms with Gasteiger partial charge in [-0.15, -0.1) is 0 Å². The summed E-state index contributed by atoms with van der Waals surface area (Å²) in [6.07, 6.45) is 0.648. The molecular weight excluding hydrogens is 385 g/mol. The van der Waals surface area contributed by atoms with Gasteiger partial charge >= 0.3 is 0 Å². The van der Waals surface area contributed by atoms with E-state index in [1.165, 1.54) is 24.3 Å². The maximum atomic E-state index is 13.4. The van der Waals surface area contributed by atoms with E-state index in [0.29, 0.717) is 37.8 Å². The molecule has 0 saturated carbocycles. The predicted octanol–water partition coefficient (Wildman–Crippen LogP) is 4.18. The Balaban J connectivity index is 1.52. The van der Waals surface area contributed by atoms with Crippen LogP contribution in [0.15, 0.2) is 48.5 Å². The molecule has 2 aliphatic rings. The van der Waals surface area contributed by atoms with E-state index in [2.05, 4.69) is 13.8 Å². The van der Waals surface area contributed by atoms with Gasteiger partial charge in [-0.25, -0.2) is 4.39 Å². The van der Waals surface area contributed by atoms with Crippen LogP contribution < -0.4 is 0 Å². The van der Waals surface area contributed by atoms with E-state index in [-0.39, 0.29) is 29.5 Å². The Hall–Kier alpha value is -2.44. The highest BCUT2D eigenvalue weighted by molar-refractivity contribution is 5.94. The molecule has 0 aromatic heterocycles. The first-order chi connectivity index (χ1) is 14.4. The van der Waals surface area contributed by atoms with Crippen LogP contribution in [0, 0.1) is 17.7 Å². The van der Waals surface area contributed by atoms with E-state index >= 15 is 0 Å². The monoisotopic (exact) mass is 413 g/mol. The zero-order valence-electron chi connectivity index (χ0n) is 17.4. The molecule has 30 heavy (non-hydrogen) atoms. The Morgan fingerprint density at radius 3 is 2.53 bits per heavy atom. The quantitative estimate of drug-likeness (QED) is 0.820. The highest BCUT2D eigenvalue weighted by Gasteiger charge is 2.47. The van der Waals surface area contributed by atoms with Crippen molar-refractivity contribution in [1.29, 1.82) is 0 Å². The highest BCUT2D eigenvalue weighted by Crippen LogP contribution is 2.44. The molecule has 1 amide bonds. The average molecular weight is 413 g/mol. The largest absolute Gasteiger partial charge is 0.508 e. The summed E-state index contributed by atoms with van der Waals surface area (Å²) in [5.41, 5.74) is 0.972. The summed E-state index contributed by atoms with van der Waals surface area (Å²) in [5, 5.41) is 9.48. The van der Waals surface area contributed by atoms with Crippen molar-refractivity contribution >= 4 is 5.91 Å². The summed E-state index contributed by atoms with van der Waals surface area (Å²) in [5.74, 6) is 0.333. The number of amides is 1. The maximum absolute atomic E-state index is 13.4. The molecule has 6 heteroatoms. The van der Waals surface area contributed by atoms with Crippen molar-refractivity contribution < 1.29 is 23.8 Å². The van der Waals surface area contributed by atoms with Crippen molar-refractivity contribution in [3.8, 4) is 5.75 Å². The number of hydrogen-bond donors (Lipinski definition) is 1. The highest BCUT2D eigenvalue weighted by atomic mass is 19.1. The van der Waals surface area contributed by atoms with Gasteiger partial charge in [0.15, 0.2) is 0 Å². The van der Waals surface area contributed by atoms with Gasteiger partial charge in [0, 0.05) is 12.1 Å². The normalized spacial score (nSPS) is 26.9. The molecule has 0 unspecified atom stereocenters. The van der Waals surface area contributed by atoms with E-state index in [1.807, 2.05) is 4.90 Å². The van der Waals surface area contributed by atoms with Crippen LogP contribution in [0.1, 0.15) is 42.3 Å². The smallest absolute Gasteiger partial charge is 0.254 e. The minimum absolute atomic E-state index is 0.0700. The molecule has 0 bridgehead atoms. The molecule has 2 aromatic rings. The lowest BCUT2D eigenvalue weighted by molar-refractivity contribution is -0.204. The number of morpholine rings is 1. The number of nitrogens with zero attached hydrogens (tertiary/aromatic N) is 1. The number of ether oxygens (including phenoxy) is 2. The van der Waals surface area contributed by atoms with E-state index in [0.717, 1.165) is 12.0 Å². The summed E-state index contributed by atoms with van der Waals surface area (Å²) < 4.78 is 25.9. The summed E-state index contributed by atoms with van der Waals surface area (Å²) in [4.78, 5) is 14.8. The zero-order valence-corrected chi connectivity index (χ0v) is 17.4. The number of rotatable bonds is 3. The van der Waals surface area contributed by atoms with Crippen LogP contribution in [0.4, 0.5) is 4.39 Å². The van der Waals surface area contributed by atoms with Crippen molar-refractivity contribution in [2.75, 3.05) is 26.3 Å². The van der Waals surface area contributed by atoms with Gasteiger partial charge in [0.2, 0.25) is 0 Å². The topological polar surface area (TPSA) is 59.0 Å². The first-order valence-corrected chi connectivity index (χ1v) is 10.5. The van der Waals surface area contributed by atoms with Gasteiger partial charge in [0.1, 0.15) is 17.2 Å². The van der Waals surface area contributed by atoms with Gasteiger partial charge in [0.05, 0.1) is 25.9 Å². The van der Waals surface area contributed by atoms with Crippen molar-refractivity contribution in [2.24, 2.45) is 11.8 Å². The molecule has 0 aliphatic carbocycles. The molecule has 2 heterocycles. The van der Waals surface area contributed by atoms with Crippen molar-refractivity contribution in [1.82, 2.24) is 4.90 Å². The van der Waals surface area contributed by atoms with E-state index in [4.69, 9.17) is 9.47 Å². The lowest BCUT2D eigenvalue weighted by atomic mass is 9.75. The zero-order chi connectivity index (χ0) is 21.3. The molecule has 2 saturated heterocycles. The van der Waals surface area contributed by atoms with E-state index < -0.39 is 5.60 Å². The number of aromatic hydroxyl groups is 1. The van der Waals surface area contributed by atoms with Crippen molar-refractivity contribution in [3.05, 3.63) is 65.5 Å². The third-order valence-electron chi connectivity index (χ3n) is 6.23. The third-order valence-corrected chi connectivity index (χ3v) is 6.23. The van der Waals surface area contributed by atoms with Crippen LogP contribution in [0.3, 0.4) is 0 Å². The van der Waals surface area contributed by atoms with E-state index in [1.54, 1.807) is 24.3 Å². The lowest BCUT2D eigenvalue weighted by Gasteiger charge is -2.50. The molecule has 160 valence electrons. The van der Waals surface area contributed by atoms with E-state index in [9.17, 15) is 14.3 Å². The molecule has 0 radical (unpaired) electrons. The third kappa shape index (κ3) is 4.20. The number of carbonyl (C=O) groups excluding carboxylic acids is 1. The van der Waals surface area contributed by atoms with Crippen molar-refractivity contribution in [3.63, 3.8) is 0 Å². The molecular formula is C24H28FNO4. The minimum Gasteiger partial charge on any atom is -0.508 e. The summed E-state index contributed by atoms with van der Waals surface area (Å²) in [6, 6.07) is 12.8. The molecule has 1 N–H and O–H groups in total. The maximum Gasteiger partial charge on any atom is 0.254 e. The SMILES string of the molecule is CC(C)[C@@H]1C[C@@]2(CO[C@H]1c1ccc(F)cc1)CN(C(=O)c1ccc(O)cc1)CCO2. The molecule has 2 fully saturated rings.